The first kappa shape index (κ1) is 22.1. The molecule has 2 fully saturated rings. The van der Waals surface area contributed by atoms with Gasteiger partial charge in [0.05, 0.1) is 16.2 Å². The summed E-state index contributed by atoms with van der Waals surface area (Å²) < 4.78 is 0. The average molecular weight is 417 g/mol. The summed E-state index contributed by atoms with van der Waals surface area (Å²) in [5.41, 5.74) is 1.09. The van der Waals surface area contributed by atoms with Crippen molar-refractivity contribution in [3.8, 4) is 0 Å². The van der Waals surface area contributed by atoms with E-state index in [4.69, 9.17) is 0 Å². The van der Waals surface area contributed by atoms with E-state index in [1.807, 2.05) is 18.7 Å². The van der Waals surface area contributed by atoms with E-state index in [2.05, 4.69) is 11.8 Å². The normalized spacial score (nSPS) is 18.1. The molecule has 2 saturated heterocycles. The van der Waals surface area contributed by atoms with Crippen LogP contribution in [0.5, 0.6) is 0 Å². The average Bonchev–Trinajstić information content (AvgIpc) is 2.73. The van der Waals surface area contributed by atoms with Gasteiger partial charge in [-0.2, -0.15) is 0 Å². The molecule has 8 nitrogen and oxygen atoms in total. The smallest absolute Gasteiger partial charge is 0.270 e. The standard InChI is InChI=1S/C22H32N4O4/c1-16(2)14-21(27)24-10-12-25(13-11-24)22(28)19-15-18(26(29)30)4-5-20(19)23-8-6-17(3)7-9-23/h4-5,15-17H,6-14H2,1-3H3. The van der Waals surface area contributed by atoms with Gasteiger partial charge in [0.2, 0.25) is 5.91 Å². The Labute approximate surface area is 178 Å². The van der Waals surface area contributed by atoms with Crippen LogP contribution in [0, 0.1) is 22.0 Å². The number of piperidine rings is 1. The number of hydrogen-bond donors (Lipinski definition) is 0. The molecule has 0 N–H and O–H groups in total. The van der Waals surface area contributed by atoms with Crippen molar-refractivity contribution >= 4 is 23.2 Å². The molecule has 0 spiro atoms. The van der Waals surface area contributed by atoms with Crippen molar-refractivity contribution in [2.24, 2.45) is 11.8 Å². The highest BCUT2D eigenvalue weighted by atomic mass is 16.6. The van der Waals surface area contributed by atoms with Crippen LogP contribution in [0.25, 0.3) is 0 Å². The molecule has 2 heterocycles. The topological polar surface area (TPSA) is 87.0 Å². The minimum Gasteiger partial charge on any atom is -0.371 e. The number of carbonyl (C=O) groups excluding carboxylic acids is 2. The minimum atomic E-state index is -0.457. The molecular weight excluding hydrogens is 384 g/mol. The fourth-order valence-electron chi connectivity index (χ4n) is 4.14. The van der Waals surface area contributed by atoms with Crippen molar-refractivity contribution in [2.45, 2.75) is 40.0 Å². The van der Waals surface area contributed by atoms with Gasteiger partial charge >= 0.3 is 0 Å². The Hall–Kier alpha value is -2.64. The lowest BCUT2D eigenvalue weighted by atomic mass is 9.97. The van der Waals surface area contributed by atoms with Gasteiger partial charge in [0, 0.05) is 57.8 Å². The van der Waals surface area contributed by atoms with Crippen molar-refractivity contribution in [2.75, 3.05) is 44.2 Å². The van der Waals surface area contributed by atoms with E-state index in [-0.39, 0.29) is 17.5 Å². The number of rotatable bonds is 5. The Balaban J connectivity index is 1.76. The monoisotopic (exact) mass is 416 g/mol. The van der Waals surface area contributed by atoms with Crippen LogP contribution in [0.3, 0.4) is 0 Å². The Morgan fingerprint density at radius 2 is 1.67 bits per heavy atom. The Bertz CT molecular complexity index is 794. The highest BCUT2D eigenvalue weighted by Crippen LogP contribution is 2.30. The van der Waals surface area contributed by atoms with Gasteiger partial charge in [-0.25, -0.2) is 0 Å². The maximum atomic E-state index is 13.3. The predicted octanol–water partition coefficient (Wildman–Crippen LogP) is 3.16. The number of piperazine rings is 1. The lowest BCUT2D eigenvalue weighted by molar-refractivity contribution is -0.384. The summed E-state index contributed by atoms with van der Waals surface area (Å²) in [5.74, 6) is 0.880. The maximum absolute atomic E-state index is 13.3. The molecule has 0 aliphatic carbocycles. The SMILES string of the molecule is CC(C)CC(=O)N1CCN(C(=O)c2cc([N+](=O)[O-])ccc2N2CCC(C)CC2)CC1. The van der Waals surface area contributed by atoms with Crippen LogP contribution in [0.1, 0.15) is 50.4 Å². The number of carbonyl (C=O) groups is 2. The maximum Gasteiger partial charge on any atom is 0.270 e. The summed E-state index contributed by atoms with van der Waals surface area (Å²) in [6.07, 6.45) is 2.60. The first-order valence-corrected chi connectivity index (χ1v) is 10.9. The first-order chi connectivity index (χ1) is 14.3. The third-order valence-corrected chi connectivity index (χ3v) is 6.05. The molecule has 0 aromatic heterocycles. The molecule has 0 radical (unpaired) electrons. The van der Waals surface area contributed by atoms with Crippen molar-refractivity contribution < 1.29 is 14.5 Å². The van der Waals surface area contributed by atoms with Crippen molar-refractivity contribution in [3.63, 3.8) is 0 Å². The van der Waals surface area contributed by atoms with Crippen molar-refractivity contribution in [1.82, 2.24) is 9.80 Å². The summed E-state index contributed by atoms with van der Waals surface area (Å²) in [6.45, 7) is 9.84. The van der Waals surface area contributed by atoms with E-state index in [9.17, 15) is 19.7 Å². The third kappa shape index (κ3) is 5.09. The molecule has 8 heteroatoms. The number of amides is 2. The zero-order valence-electron chi connectivity index (χ0n) is 18.2. The second-order valence-electron chi connectivity index (χ2n) is 8.90. The number of non-ortho nitro benzene ring substituents is 1. The van der Waals surface area contributed by atoms with E-state index in [0.717, 1.165) is 31.6 Å². The minimum absolute atomic E-state index is 0.0711. The van der Waals surface area contributed by atoms with Crippen LogP contribution in [0.4, 0.5) is 11.4 Å². The molecule has 2 aliphatic heterocycles. The summed E-state index contributed by atoms with van der Waals surface area (Å²) in [4.78, 5) is 42.2. The summed E-state index contributed by atoms with van der Waals surface area (Å²) in [5, 5.41) is 11.3. The van der Waals surface area contributed by atoms with Gasteiger partial charge in [-0.1, -0.05) is 20.8 Å². The highest BCUT2D eigenvalue weighted by molar-refractivity contribution is 6.00. The molecule has 0 bridgehead atoms. The summed E-state index contributed by atoms with van der Waals surface area (Å²) in [7, 11) is 0. The molecule has 0 unspecified atom stereocenters. The lowest BCUT2D eigenvalue weighted by Gasteiger charge is -2.37. The van der Waals surface area contributed by atoms with Gasteiger partial charge in [0.15, 0.2) is 0 Å². The number of anilines is 1. The first-order valence-electron chi connectivity index (χ1n) is 10.9. The Kier molecular flexibility index (Phi) is 6.95. The van der Waals surface area contributed by atoms with Gasteiger partial charge < -0.3 is 14.7 Å². The highest BCUT2D eigenvalue weighted by Gasteiger charge is 2.29. The third-order valence-electron chi connectivity index (χ3n) is 6.05. The largest absolute Gasteiger partial charge is 0.371 e. The Morgan fingerprint density at radius 1 is 1.07 bits per heavy atom. The van der Waals surface area contributed by atoms with Crippen molar-refractivity contribution in [1.29, 1.82) is 0 Å². The van der Waals surface area contributed by atoms with Crippen molar-refractivity contribution in [3.05, 3.63) is 33.9 Å². The molecule has 1 aromatic carbocycles. The number of nitro groups is 1. The molecule has 1 aromatic rings. The second-order valence-corrected chi connectivity index (χ2v) is 8.90. The van der Waals surface area contributed by atoms with Crippen LogP contribution < -0.4 is 4.90 Å². The van der Waals surface area contributed by atoms with Gasteiger partial charge in [-0.15, -0.1) is 0 Å². The lowest BCUT2D eigenvalue weighted by Crippen LogP contribution is -2.51. The molecule has 30 heavy (non-hydrogen) atoms. The predicted molar refractivity (Wildman–Crippen MR) is 116 cm³/mol. The second kappa shape index (κ2) is 9.45. The van der Waals surface area contributed by atoms with E-state index in [1.165, 1.54) is 12.1 Å². The molecule has 2 aliphatic rings. The van der Waals surface area contributed by atoms with Gasteiger partial charge in [-0.3, -0.25) is 19.7 Å². The molecule has 2 amide bonds. The molecule has 0 atom stereocenters. The summed E-state index contributed by atoms with van der Waals surface area (Å²) >= 11 is 0. The van der Waals surface area contributed by atoms with Gasteiger partial charge in [0.25, 0.3) is 11.6 Å². The Morgan fingerprint density at radius 3 is 2.23 bits per heavy atom. The van der Waals surface area contributed by atoms with Gasteiger partial charge in [-0.05, 0) is 30.7 Å². The number of hydrogen-bond acceptors (Lipinski definition) is 5. The fourth-order valence-corrected chi connectivity index (χ4v) is 4.14. The number of nitro benzene ring substituents is 1. The fraction of sp³-hybridized carbons (Fsp3) is 0.636. The van der Waals surface area contributed by atoms with E-state index < -0.39 is 4.92 Å². The zero-order valence-corrected chi connectivity index (χ0v) is 18.2. The van der Waals surface area contributed by atoms with Gasteiger partial charge in [0.1, 0.15) is 0 Å². The van der Waals surface area contributed by atoms with E-state index in [1.54, 1.807) is 11.0 Å². The quantitative estimate of drug-likeness (QED) is 0.544. The van der Waals surface area contributed by atoms with E-state index >= 15 is 0 Å². The summed E-state index contributed by atoms with van der Waals surface area (Å²) in [6, 6.07) is 4.60. The van der Waals surface area contributed by atoms with Crippen LogP contribution in [-0.4, -0.2) is 65.8 Å². The van der Waals surface area contributed by atoms with Crippen LogP contribution in [0.15, 0.2) is 18.2 Å². The van der Waals surface area contributed by atoms with E-state index in [0.29, 0.717) is 50.0 Å². The van der Waals surface area contributed by atoms with Crippen LogP contribution >= 0.6 is 0 Å². The molecule has 164 valence electrons. The van der Waals surface area contributed by atoms with Crippen LogP contribution in [0.2, 0.25) is 0 Å². The molecule has 0 saturated carbocycles. The number of benzene rings is 1. The molecular formula is C22H32N4O4. The zero-order chi connectivity index (χ0) is 21.8. The molecule has 3 rings (SSSR count). The van der Waals surface area contributed by atoms with Crippen LogP contribution in [-0.2, 0) is 4.79 Å². The number of nitrogens with zero attached hydrogens (tertiary/aromatic N) is 4.